The zero-order valence-electron chi connectivity index (χ0n) is 12.6. The van der Waals surface area contributed by atoms with Gasteiger partial charge in [-0.25, -0.2) is 13.1 Å². The summed E-state index contributed by atoms with van der Waals surface area (Å²) in [5.41, 5.74) is 0.326. The maximum Gasteiger partial charge on any atom is 0.270 e. The Morgan fingerprint density at radius 1 is 1.32 bits per heavy atom. The van der Waals surface area contributed by atoms with E-state index in [0.29, 0.717) is 18.7 Å². The maximum atomic E-state index is 12.2. The van der Waals surface area contributed by atoms with E-state index in [0.717, 1.165) is 32.5 Å². The fraction of sp³-hybridized carbons (Fsp3) is 0.615. The van der Waals surface area contributed by atoms with Gasteiger partial charge in [-0.2, -0.15) is 0 Å². The molecule has 1 aliphatic heterocycles. The summed E-state index contributed by atoms with van der Waals surface area (Å²) >= 11 is 0. The van der Waals surface area contributed by atoms with Crippen molar-refractivity contribution in [2.75, 3.05) is 33.2 Å². The second-order valence-electron chi connectivity index (χ2n) is 5.10. The molecule has 0 aromatic carbocycles. The van der Waals surface area contributed by atoms with Crippen molar-refractivity contribution in [2.24, 2.45) is 0 Å². The maximum absolute atomic E-state index is 12.2. The number of aromatic amines is 1. The predicted octanol–water partition coefficient (Wildman–Crippen LogP) is 0.560. The molecule has 3 N–H and O–H groups in total. The highest BCUT2D eigenvalue weighted by Gasteiger charge is 2.23. The van der Waals surface area contributed by atoms with E-state index in [1.54, 1.807) is 4.90 Å². The van der Waals surface area contributed by atoms with Crippen molar-refractivity contribution in [3.05, 3.63) is 18.0 Å². The lowest BCUT2D eigenvalue weighted by Crippen LogP contribution is -2.28. The van der Waals surface area contributed by atoms with Gasteiger partial charge in [-0.3, -0.25) is 4.79 Å². The standard InChI is InChI=1S/C13H22N4O3S.ClH/c1-14-5-4-6-16-21(19,20)11-9-12(15-10-11)13(18)17-7-2-3-8-17;/h9-10,14-16H,2-8H2,1H3;1H. The molecule has 0 aliphatic carbocycles. The molecule has 0 radical (unpaired) electrons. The molecule has 2 heterocycles. The molecule has 22 heavy (non-hydrogen) atoms. The predicted molar refractivity (Wildman–Crippen MR) is 86.9 cm³/mol. The summed E-state index contributed by atoms with van der Waals surface area (Å²) < 4.78 is 26.7. The summed E-state index contributed by atoms with van der Waals surface area (Å²) in [5.74, 6) is -0.135. The lowest BCUT2D eigenvalue weighted by Gasteiger charge is -2.13. The highest BCUT2D eigenvalue weighted by Crippen LogP contribution is 2.15. The molecule has 0 atom stereocenters. The van der Waals surface area contributed by atoms with Gasteiger partial charge in [0.15, 0.2) is 0 Å². The Morgan fingerprint density at radius 2 is 2.00 bits per heavy atom. The van der Waals surface area contributed by atoms with Crippen molar-refractivity contribution in [2.45, 2.75) is 24.2 Å². The van der Waals surface area contributed by atoms with Gasteiger partial charge in [-0.1, -0.05) is 0 Å². The van der Waals surface area contributed by atoms with Crippen molar-refractivity contribution in [3.63, 3.8) is 0 Å². The van der Waals surface area contributed by atoms with Gasteiger partial charge in [0.25, 0.3) is 5.91 Å². The third kappa shape index (κ3) is 4.70. The Kier molecular flexibility index (Phi) is 7.34. The largest absolute Gasteiger partial charge is 0.356 e. The van der Waals surface area contributed by atoms with Crippen molar-refractivity contribution >= 4 is 28.3 Å². The van der Waals surface area contributed by atoms with Gasteiger partial charge in [0.05, 0.1) is 0 Å². The number of nitrogens with zero attached hydrogens (tertiary/aromatic N) is 1. The van der Waals surface area contributed by atoms with E-state index in [9.17, 15) is 13.2 Å². The van der Waals surface area contributed by atoms with E-state index in [4.69, 9.17) is 0 Å². The van der Waals surface area contributed by atoms with Crippen LogP contribution in [-0.2, 0) is 10.0 Å². The minimum atomic E-state index is -3.56. The van der Waals surface area contributed by atoms with Crippen LogP contribution in [0.1, 0.15) is 29.8 Å². The number of rotatable bonds is 7. The zero-order chi connectivity index (χ0) is 15.3. The Morgan fingerprint density at radius 3 is 2.64 bits per heavy atom. The van der Waals surface area contributed by atoms with Crippen molar-refractivity contribution in [3.8, 4) is 0 Å². The molecular formula is C13H23ClN4O3S. The lowest BCUT2D eigenvalue weighted by atomic mass is 10.4. The third-order valence-corrected chi connectivity index (χ3v) is 4.93. The van der Waals surface area contributed by atoms with Crippen molar-refractivity contribution in [1.29, 1.82) is 0 Å². The molecule has 9 heteroatoms. The van der Waals surface area contributed by atoms with Crippen LogP contribution in [0.2, 0.25) is 0 Å². The van der Waals surface area contributed by atoms with E-state index in [2.05, 4.69) is 15.0 Å². The van der Waals surface area contributed by atoms with Crippen molar-refractivity contribution in [1.82, 2.24) is 19.9 Å². The van der Waals surface area contributed by atoms with Gasteiger partial charge >= 0.3 is 0 Å². The van der Waals surface area contributed by atoms with Crippen LogP contribution in [0.5, 0.6) is 0 Å². The minimum absolute atomic E-state index is 0. The van der Waals surface area contributed by atoms with Crippen LogP contribution in [0, 0.1) is 0 Å². The highest BCUT2D eigenvalue weighted by molar-refractivity contribution is 7.89. The fourth-order valence-electron chi connectivity index (χ4n) is 2.30. The molecule has 1 fully saturated rings. The number of amides is 1. The third-order valence-electron chi connectivity index (χ3n) is 3.49. The summed E-state index contributed by atoms with van der Waals surface area (Å²) in [6, 6.07) is 1.40. The minimum Gasteiger partial charge on any atom is -0.356 e. The molecule has 1 amide bonds. The molecule has 1 aromatic heterocycles. The molecular weight excluding hydrogens is 328 g/mol. The van der Waals surface area contributed by atoms with Gasteiger partial charge in [0.1, 0.15) is 10.6 Å². The first-order valence-electron chi connectivity index (χ1n) is 7.16. The molecule has 1 saturated heterocycles. The van der Waals surface area contributed by atoms with E-state index in [1.165, 1.54) is 12.3 Å². The van der Waals surface area contributed by atoms with Gasteiger partial charge in [0.2, 0.25) is 10.0 Å². The number of aromatic nitrogens is 1. The van der Waals surface area contributed by atoms with Gasteiger partial charge in [0, 0.05) is 25.8 Å². The number of carbonyl (C=O) groups excluding carboxylic acids is 1. The average Bonchev–Trinajstić information content (AvgIpc) is 3.13. The Hall–Kier alpha value is -1.09. The van der Waals surface area contributed by atoms with Crippen LogP contribution in [0.4, 0.5) is 0 Å². The first-order valence-corrected chi connectivity index (χ1v) is 8.65. The highest BCUT2D eigenvalue weighted by atomic mass is 35.5. The lowest BCUT2D eigenvalue weighted by molar-refractivity contribution is 0.0787. The van der Waals surface area contributed by atoms with Crippen LogP contribution in [0.15, 0.2) is 17.2 Å². The summed E-state index contributed by atoms with van der Waals surface area (Å²) in [6.45, 7) is 2.59. The van der Waals surface area contributed by atoms with Crippen LogP contribution < -0.4 is 10.0 Å². The van der Waals surface area contributed by atoms with Gasteiger partial charge in [-0.05, 0) is 38.9 Å². The molecule has 0 saturated carbocycles. The monoisotopic (exact) mass is 350 g/mol. The van der Waals surface area contributed by atoms with E-state index in [-0.39, 0.29) is 23.2 Å². The smallest absolute Gasteiger partial charge is 0.270 e. The first-order chi connectivity index (χ1) is 10.0. The normalized spacial score (nSPS) is 14.9. The average molecular weight is 351 g/mol. The number of halogens is 1. The molecule has 0 unspecified atom stereocenters. The molecule has 7 nitrogen and oxygen atoms in total. The second kappa shape index (κ2) is 8.52. The number of hydrogen-bond acceptors (Lipinski definition) is 4. The van der Waals surface area contributed by atoms with Gasteiger partial charge in [-0.15, -0.1) is 12.4 Å². The Labute approximate surface area is 137 Å². The van der Waals surface area contributed by atoms with E-state index in [1.807, 2.05) is 7.05 Å². The summed E-state index contributed by atoms with van der Waals surface area (Å²) in [6.07, 6.45) is 4.08. The Bertz CT molecular complexity index is 582. The fourth-order valence-corrected chi connectivity index (χ4v) is 3.37. The van der Waals surface area contributed by atoms with Crippen LogP contribution in [0.25, 0.3) is 0 Å². The Balaban J connectivity index is 0.00000242. The van der Waals surface area contributed by atoms with E-state index < -0.39 is 10.0 Å². The number of hydrogen-bond donors (Lipinski definition) is 3. The number of H-pyrrole nitrogens is 1. The van der Waals surface area contributed by atoms with E-state index >= 15 is 0 Å². The second-order valence-corrected chi connectivity index (χ2v) is 6.87. The molecule has 126 valence electrons. The first kappa shape index (κ1) is 19.0. The van der Waals surface area contributed by atoms with Crippen molar-refractivity contribution < 1.29 is 13.2 Å². The number of nitrogens with one attached hydrogen (secondary N) is 3. The molecule has 1 aliphatic rings. The summed E-state index contributed by atoms with van der Waals surface area (Å²) in [4.78, 5) is 16.8. The number of likely N-dealkylation sites (tertiary alicyclic amines) is 1. The van der Waals surface area contributed by atoms with Crippen LogP contribution >= 0.6 is 12.4 Å². The van der Waals surface area contributed by atoms with Crippen LogP contribution in [-0.4, -0.2) is 57.4 Å². The number of carbonyl (C=O) groups is 1. The molecule has 0 bridgehead atoms. The summed E-state index contributed by atoms with van der Waals surface area (Å²) in [5, 5.41) is 2.95. The molecule has 2 rings (SSSR count). The zero-order valence-corrected chi connectivity index (χ0v) is 14.2. The topological polar surface area (TPSA) is 94.3 Å². The SMILES string of the molecule is CNCCCNS(=O)(=O)c1c[nH]c(C(=O)N2CCCC2)c1.Cl. The quantitative estimate of drug-likeness (QED) is 0.626. The van der Waals surface area contributed by atoms with Gasteiger partial charge < -0.3 is 15.2 Å². The van der Waals surface area contributed by atoms with Crippen LogP contribution in [0.3, 0.4) is 0 Å². The molecule has 0 spiro atoms. The number of sulfonamides is 1. The molecule has 1 aromatic rings. The summed E-state index contributed by atoms with van der Waals surface area (Å²) in [7, 11) is -1.74.